The van der Waals surface area contributed by atoms with Crippen molar-refractivity contribution in [2.24, 2.45) is 0 Å². The number of carbonyl (C=O) groups excluding carboxylic acids is 1. The third-order valence-electron chi connectivity index (χ3n) is 1.80. The molecule has 0 saturated heterocycles. The minimum atomic E-state index is -0.384. The number of carbonyl (C=O) groups is 1. The lowest BCUT2D eigenvalue weighted by molar-refractivity contribution is -0.131. The van der Waals surface area contributed by atoms with E-state index in [4.69, 9.17) is 4.42 Å². The maximum Gasteiger partial charge on any atom is 0.247 e. The van der Waals surface area contributed by atoms with E-state index in [0.717, 1.165) is 0 Å². The van der Waals surface area contributed by atoms with Gasteiger partial charge in [0, 0.05) is 14.1 Å². The van der Waals surface area contributed by atoms with Crippen LogP contribution in [0.2, 0.25) is 0 Å². The molecule has 0 aromatic carbocycles. The zero-order valence-electron chi connectivity index (χ0n) is 8.07. The predicted molar refractivity (Wildman–Crippen MR) is 49.2 cm³/mol. The van der Waals surface area contributed by atoms with Gasteiger partial charge in [-0.05, 0) is 19.2 Å². The van der Waals surface area contributed by atoms with Crippen LogP contribution in [0.3, 0.4) is 0 Å². The van der Waals surface area contributed by atoms with Crippen LogP contribution in [0.4, 0.5) is 0 Å². The molecule has 1 heterocycles. The summed E-state index contributed by atoms with van der Waals surface area (Å²) in [6.45, 7) is 0. The fourth-order valence-corrected chi connectivity index (χ4v) is 1.10. The SMILES string of the molecule is CNC(C(=O)N(C)C)c1ccco1. The summed E-state index contributed by atoms with van der Waals surface area (Å²) in [4.78, 5) is 13.1. The summed E-state index contributed by atoms with van der Waals surface area (Å²) in [6.07, 6.45) is 1.56. The van der Waals surface area contributed by atoms with Gasteiger partial charge in [-0.15, -0.1) is 0 Å². The molecule has 1 atom stereocenters. The van der Waals surface area contributed by atoms with E-state index in [2.05, 4.69) is 5.32 Å². The Morgan fingerprint density at radius 1 is 1.62 bits per heavy atom. The molecule has 1 unspecified atom stereocenters. The molecule has 0 bridgehead atoms. The van der Waals surface area contributed by atoms with Crippen LogP contribution in [-0.2, 0) is 4.79 Å². The summed E-state index contributed by atoms with van der Waals surface area (Å²) in [7, 11) is 5.17. The molecule has 0 aliphatic carbocycles. The maximum absolute atomic E-state index is 11.6. The zero-order chi connectivity index (χ0) is 9.84. The van der Waals surface area contributed by atoms with Crippen molar-refractivity contribution >= 4 is 5.91 Å². The van der Waals surface area contributed by atoms with E-state index in [1.54, 1.807) is 39.5 Å². The second-order valence-electron chi connectivity index (χ2n) is 2.97. The molecule has 4 nitrogen and oxygen atoms in total. The van der Waals surface area contributed by atoms with Crippen molar-refractivity contribution in [3.8, 4) is 0 Å². The minimum absolute atomic E-state index is 0.0162. The summed E-state index contributed by atoms with van der Waals surface area (Å²) < 4.78 is 5.15. The van der Waals surface area contributed by atoms with Crippen molar-refractivity contribution in [3.05, 3.63) is 24.2 Å². The standard InChI is InChI=1S/C9H14N2O2/c1-10-8(9(12)11(2)3)7-5-4-6-13-7/h4-6,8,10H,1-3H3. The molecule has 0 aliphatic rings. The molecule has 0 saturated carbocycles. The highest BCUT2D eigenvalue weighted by atomic mass is 16.3. The highest BCUT2D eigenvalue weighted by Crippen LogP contribution is 2.14. The molecule has 1 N–H and O–H groups in total. The minimum Gasteiger partial charge on any atom is -0.467 e. The molecular formula is C9H14N2O2. The van der Waals surface area contributed by atoms with Crippen LogP contribution in [0, 0.1) is 0 Å². The van der Waals surface area contributed by atoms with Crippen molar-refractivity contribution < 1.29 is 9.21 Å². The summed E-state index contributed by atoms with van der Waals surface area (Å²) >= 11 is 0. The van der Waals surface area contributed by atoms with Gasteiger partial charge in [0.15, 0.2) is 0 Å². The van der Waals surface area contributed by atoms with E-state index in [1.165, 1.54) is 4.90 Å². The molecule has 1 aromatic rings. The van der Waals surface area contributed by atoms with Crippen LogP contribution in [0.1, 0.15) is 11.8 Å². The van der Waals surface area contributed by atoms with E-state index < -0.39 is 0 Å². The average molecular weight is 182 g/mol. The third-order valence-corrected chi connectivity index (χ3v) is 1.80. The maximum atomic E-state index is 11.6. The predicted octanol–water partition coefficient (Wildman–Crippen LogP) is 0.628. The highest BCUT2D eigenvalue weighted by Gasteiger charge is 2.22. The fourth-order valence-electron chi connectivity index (χ4n) is 1.10. The first-order chi connectivity index (χ1) is 6.16. The fraction of sp³-hybridized carbons (Fsp3) is 0.444. The molecular weight excluding hydrogens is 168 g/mol. The molecule has 0 fully saturated rings. The Bertz CT molecular complexity index is 267. The number of rotatable bonds is 3. The first-order valence-corrected chi connectivity index (χ1v) is 4.08. The van der Waals surface area contributed by atoms with Gasteiger partial charge in [0.1, 0.15) is 11.8 Å². The summed E-state index contributed by atoms with van der Waals surface area (Å²) in [5, 5.41) is 2.90. The van der Waals surface area contributed by atoms with Crippen LogP contribution < -0.4 is 5.32 Å². The Hall–Kier alpha value is -1.29. The Kier molecular flexibility index (Phi) is 3.08. The van der Waals surface area contributed by atoms with Crippen LogP contribution in [0.25, 0.3) is 0 Å². The molecule has 0 aliphatic heterocycles. The van der Waals surface area contributed by atoms with Crippen LogP contribution in [0.5, 0.6) is 0 Å². The third kappa shape index (κ3) is 2.09. The molecule has 72 valence electrons. The lowest BCUT2D eigenvalue weighted by atomic mass is 10.2. The van der Waals surface area contributed by atoms with Gasteiger partial charge >= 0.3 is 0 Å². The monoisotopic (exact) mass is 182 g/mol. The van der Waals surface area contributed by atoms with Crippen LogP contribution >= 0.6 is 0 Å². The van der Waals surface area contributed by atoms with Gasteiger partial charge in [0.2, 0.25) is 5.91 Å². The molecule has 0 radical (unpaired) electrons. The highest BCUT2D eigenvalue weighted by molar-refractivity contribution is 5.82. The normalized spacial score (nSPS) is 12.5. The first-order valence-electron chi connectivity index (χ1n) is 4.08. The topological polar surface area (TPSA) is 45.5 Å². The Morgan fingerprint density at radius 2 is 2.31 bits per heavy atom. The average Bonchev–Trinajstić information content (AvgIpc) is 2.58. The number of hydrogen-bond donors (Lipinski definition) is 1. The molecule has 4 heteroatoms. The number of amides is 1. The summed E-state index contributed by atoms with van der Waals surface area (Å²) in [6, 6.07) is 3.16. The lowest BCUT2D eigenvalue weighted by Crippen LogP contribution is -2.34. The first kappa shape index (κ1) is 9.80. The smallest absolute Gasteiger partial charge is 0.247 e. The lowest BCUT2D eigenvalue weighted by Gasteiger charge is -2.17. The van der Waals surface area contributed by atoms with Gasteiger partial charge < -0.3 is 14.6 Å². The number of furan rings is 1. The van der Waals surface area contributed by atoms with Gasteiger partial charge in [-0.3, -0.25) is 4.79 Å². The summed E-state index contributed by atoms with van der Waals surface area (Å²) in [5.74, 6) is 0.624. The van der Waals surface area contributed by atoms with Gasteiger partial charge in [-0.25, -0.2) is 0 Å². The van der Waals surface area contributed by atoms with Crippen LogP contribution in [-0.4, -0.2) is 32.0 Å². The van der Waals surface area contributed by atoms with E-state index in [1.807, 2.05) is 0 Å². The molecule has 1 rings (SSSR count). The van der Waals surface area contributed by atoms with E-state index in [0.29, 0.717) is 5.76 Å². The Labute approximate surface area is 77.5 Å². The molecule has 1 amide bonds. The largest absolute Gasteiger partial charge is 0.467 e. The van der Waals surface area contributed by atoms with Gasteiger partial charge in [0.25, 0.3) is 0 Å². The van der Waals surface area contributed by atoms with Gasteiger partial charge in [-0.2, -0.15) is 0 Å². The zero-order valence-corrected chi connectivity index (χ0v) is 8.07. The van der Waals surface area contributed by atoms with Crippen molar-refractivity contribution in [1.29, 1.82) is 0 Å². The van der Waals surface area contributed by atoms with E-state index in [9.17, 15) is 4.79 Å². The molecule has 1 aromatic heterocycles. The van der Waals surface area contributed by atoms with Gasteiger partial charge in [-0.1, -0.05) is 0 Å². The van der Waals surface area contributed by atoms with Crippen molar-refractivity contribution in [1.82, 2.24) is 10.2 Å². The second kappa shape index (κ2) is 4.09. The van der Waals surface area contributed by atoms with E-state index in [-0.39, 0.29) is 11.9 Å². The molecule has 13 heavy (non-hydrogen) atoms. The number of nitrogens with one attached hydrogen (secondary N) is 1. The summed E-state index contributed by atoms with van der Waals surface area (Å²) in [5.41, 5.74) is 0. The number of likely N-dealkylation sites (N-methyl/N-ethyl adjacent to an activating group) is 2. The Morgan fingerprint density at radius 3 is 2.69 bits per heavy atom. The number of nitrogens with zero attached hydrogens (tertiary/aromatic N) is 1. The van der Waals surface area contributed by atoms with Gasteiger partial charge in [0.05, 0.1) is 6.26 Å². The van der Waals surface area contributed by atoms with Crippen molar-refractivity contribution in [3.63, 3.8) is 0 Å². The second-order valence-corrected chi connectivity index (χ2v) is 2.97. The van der Waals surface area contributed by atoms with Crippen molar-refractivity contribution in [2.75, 3.05) is 21.1 Å². The quantitative estimate of drug-likeness (QED) is 0.745. The number of hydrogen-bond acceptors (Lipinski definition) is 3. The van der Waals surface area contributed by atoms with Crippen LogP contribution in [0.15, 0.2) is 22.8 Å². The van der Waals surface area contributed by atoms with Crippen molar-refractivity contribution in [2.45, 2.75) is 6.04 Å². The van der Waals surface area contributed by atoms with E-state index >= 15 is 0 Å². The molecule has 0 spiro atoms. The Balaban J connectivity index is 2.80.